The highest BCUT2D eigenvalue weighted by Crippen LogP contribution is 2.52. The minimum atomic E-state index is -3.09. The van der Waals surface area contributed by atoms with Crippen LogP contribution in [-0.2, 0) is 9.09 Å². The van der Waals surface area contributed by atoms with E-state index in [9.17, 15) is 4.57 Å². The summed E-state index contributed by atoms with van der Waals surface area (Å²) in [6, 6.07) is 0.159. The van der Waals surface area contributed by atoms with Gasteiger partial charge >= 0.3 is 7.67 Å². The van der Waals surface area contributed by atoms with E-state index in [0.29, 0.717) is 31.5 Å². The van der Waals surface area contributed by atoms with Crippen molar-refractivity contribution in [1.29, 1.82) is 0 Å². The maximum atomic E-state index is 13.4. The van der Waals surface area contributed by atoms with Gasteiger partial charge in [0.05, 0.1) is 6.61 Å². The van der Waals surface area contributed by atoms with Gasteiger partial charge in [0.25, 0.3) is 0 Å². The van der Waals surface area contributed by atoms with Crippen LogP contribution in [0.1, 0.15) is 126 Å². The number of rotatable bonds is 22. The Bertz CT molecular complexity index is 1050. The topological polar surface area (TPSA) is 41.6 Å². The van der Waals surface area contributed by atoms with Crippen molar-refractivity contribution in [1.82, 2.24) is 9.76 Å². The molecule has 1 heterocycles. The molecule has 44 heavy (non-hydrogen) atoms. The van der Waals surface area contributed by atoms with Crippen LogP contribution in [0.2, 0.25) is 0 Å². The molecular weight excluding hydrogens is 606 g/mol. The summed E-state index contributed by atoms with van der Waals surface area (Å²) in [5, 5.41) is 3.04. The van der Waals surface area contributed by atoms with Crippen LogP contribution in [0.4, 0.5) is 0 Å². The Hall–Kier alpha value is -0.870. The van der Waals surface area contributed by atoms with Crippen molar-refractivity contribution in [3.05, 3.63) is 69.9 Å². The van der Waals surface area contributed by atoms with Crippen molar-refractivity contribution in [2.24, 2.45) is 0 Å². The molecule has 0 spiro atoms. The van der Waals surface area contributed by atoms with Gasteiger partial charge < -0.3 is 4.52 Å². The molecule has 4 nitrogen and oxygen atoms in total. The van der Waals surface area contributed by atoms with Crippen LogP contribution in [0.25, 0.3) is 0 Å². The Kier molecular flexibility index (Phi) is 22.8. The first-order valence-corrected chi connectivity index (χ1v) is 19.5. The number of alkyl halides is 2. The smallest absolute Gasteiger partial charge is 0.306 e. The molecule has 0 aromatic carbocycles. The van der Waals surface area contributed by atoms with Crippen LogP contribution in [-0.4, -0.2) is 42.2 Å². The first kappa shape index (κ1) is 41.2. The molecule has 0 saturated carbocycles. The predicted molar refractivity (Wildman–Crippen MR) is 197 cm³/mol. The molecular formula is C37H63Cl2N2O2P. The fourth-order valence-electron chi connectivity index (χ4n) is 5.43. The van der Waals surface area contributed by atoms with Gasteiger partial charge in [-0.3, -0.25) is 4.57 Å². The number of nitrogens with one attached hydrogen (secondary N) is 1. The predicted octanol–water partition coefficient (Wildman–Crippen LogP) is 12.2. The summed E-state index contributed by atoms with van der Waals surface area (Å²) in [5.74, 6) is 0.807. The molecule has 0 aromatic heterocycles. The monoisotopic (exact) mass is 668 g/mol. The van der Waals surface area contributed by atoms with E-state index in [1.165, 1.54) is 39.9 Å². The molecule has 0 aliphatic carbocycles. The van der Waals surface area contributed by atoms with E-state index in [-0.39, 0.29) is 6.04 Å². The number of unbranched alkanes of at least 4 members (excludes halogenated alkanes) is 1. The summed E-state index contributed by atoms with van der Waals surface area (Å²) in [7, 11) is -3.09. The van der Waals surface area contributed by atoms with Crippen molar-refractivity contribution in [2.75, 3.05) is 31.5 Å². The van der Waals surface area contributed by atoms with Crippen LogP contribution in [0.5, 0.6) is 0 Å². The van der Waals surface area contributed by atoms with Gasteiger partial charge in [-0.25, -0.2) is 9.76 Å². The van der Waals surface area contributed by atoms with E-state index < -0.39 is 7.67 Å². The van der Waals surface area contributed by atoms with Crippen LogP contribution in [0.3, 0.4) is 0 Å². The normalized spacial score (nSPS) is 21.2. The lowest BCUT2D eigenvalue weighted by Crippen LogP contribution is -2.43. The highest BCUT2D eigenvalue weighted by Gasteiger charge is 2.40. The summed E-state index contributed by atoms with van der Waals surface area (Å²) in [6.07, 6.45) is 27.3. The van der Waals surface area contributed by atoms with E-state index >= 15 is 0 Å². The molecule has 0 amide bonds. The maximum absolute atomic E-state index is 13.4. The summed E-state index contributed by atoms with van der Waals surface area (Å²) in [4.78, 5) is 0. The number of halogens is 2. The first-order chi connectivity index (χ1) is 21.0. The summed E-state index contributed by atoms with van der Waals surface area (Å²) < 4.78 is 21.0. The van der Waals surface area contributed by atoms with Gasteiger partial charge in [0, 0.05) is 30.9 Å². The van der Waals surface area contributed by atoms with Gasteiger partial charge in [-0.2, -0.15) is 0 Å². The van der Waals surface area contributed by atoms with E-state index in [1.54, 1.807) is 0 Å². The molecule has 1 aliphatic heterocycles. The fourth-order valence-corrected chi connectivity index (χ4v) is 8.11. The van der Waals surface area contributed by atoms with Crippen LogP contribution in [0.15, 0.2) is 69.9 Å². The second kappa shape index (κ2) is 24.3. The van der Waals surface area contributed by atoms with E-state index in [0.717, 1.165) is 70.6 Å². The van der Waals surface area contributed by atoms with Crippen LogP contribution >= 0.6 is 30.9 Å². The van der Waals surface area contributed by atoms with Crippen LogP contribution < -0.4 is 5.09 Å². The third-order valence-corrected chi connectivity index (χ3v) is 10.8. The second-order valence-electron chi connectivity index (χ2n) is 12.7. The average Bonchev–Trinajstić information content (AvgIpc) is 2.96. The molecule has 1 fully saturated rings. The van der Waals surface area contributed by atoms with Crippen molar-refractivity contribution in [3.63, 3.8) is 0 Å². The fraction of sp³-hybridized carbons (Fsp3) is 0.676. The molecule has 252 valence electrons. The number of nitrogens with zero attached hydrogens (tertiary/aromatic N) is 1. The second-order valence-corrected chi connectivity index (χ2v) is 15.6. The van der Waals surface area contributed by atoms with Crippen molar-refractivity contribution < 1.29 is 9.09 Å². The summed E-state index contributed by atoms with van der Waals surface area (Å²) in [5.41, 5.74) is 8.70. The third-order valence-electron chi connectivity index (χ3n) is 8.09. The molecule has 0 aromatic rings. The summed E-state index contributed by atoms with van der Waals surface area (Å²) >= 11 is 11.9. The Labute approximate surface area is 281 Å². The highest BCUT2D eigenvalue weighted by molar-refractivity contribution is 7.54. The Morgan fingerprint density at radius 2 is 1.16 bits per heavy atom. The van der Waals surface area contributed by atoms with E-state index in [2.05, 4.69) is 90.0 Å². The van der Waals surface area contributed by atoms with Crippen molar-refractivity contribution in [2.45, 2.75) is 132 Å². The van der Waals surface area contributed by atoms with Gasteiger partial charge in [0.1, 0.15) is 0 Å². The lowest BCUT2D eigenvalue weighted by molar-refractivity contribution is 0.155. The van der Waals surface area contributed by atoms with Crippen molar-refractivity contribution >= 4 is 30.9 Å². The summed E-state index contributed by atoms with van der Waals surface area (Å²) in [6.45, 7) is 17.0. The Balaban J connectivity index is 2.38. The zero-order chi connectivity index (χ0) is 32.8. The lowest BCUT2D eigenvalue weighted by Gasteiger charge is -2.41. The average molecular weight is 670 g/mol. The number of allylic oxidation sites excluding steroid dienone is 11. The molecule has 0 bridgehead atoms. The zero-order valence-electron chi connectivity index (χ0n) is 29.0. The molecule has 2 unspecified atom stereocenters. The SMILES string of the molecule is CC(C)=CCC/C(C)=C/CC/C(C)=C/CC/C=C(\C)CC/C=C(\C)CCC=C(C)CC1CCOP(=O)(NCCCl)N1CCCl. The third kappa shape index (κ3) is 18.9. The molecule has 0 radical (unpaired) electrons. The van der Waals surface area contributed by atoms with Gasteiger partial charge in [0.15, 0.2) is 0 Å². The molecule has 1 aliphatic rings. The molecule has 1 saturated heterocycles. The zero-order valence-corrected chi connectivity index (χ0v) is 31.4. The highest BCUT2D eigenvalue weighted by atomic mass is 35.5. The van der Waals surface area contributed by atoms with Crippen LogP contribution in [0, 0.1) is 0 Å². The quantitative estimate of drug-likeness (QED) is 0.0539. The Morgan fingerprint density at radius 1 is 0.705 bits per heavy atom. The molecule has 7 heteroatoms. The molecule has 1 rings (SSSR count). The molecule has 2 atom stereocenters. The van der Waals surface area contributed by atoms with Crippen molar-refractivity contribution in [3.8, 4) is 0 Å². The van der Waals surface area contributed by atoms with Gasteiger partial charge in [-0.15, -0.1) is 23.2 Å². The number of hydrogen-bond acceptors (Lipinski definition) is 2. The van der Waals surface area contributed by atoms with Gasteiger partial charge in [0.2, 0.25) is 0 Å². The largest absolute Gasteiger partial charge is 0.343 e. The van der Waals surface area contributed by atoms with Gasteiger partial charge in [-0.05, 0) is 126 Å². The first-order valence-electron chi connectivity index (χ1n) is 16.8. The Morgan fingerprint density at radius 3 is 1.61 bits per heavy atom. The minimum Gasteiger partial charge on any atom is -0.306 e. The van der Waals surface area contributed by atoms with Gasteiger partial charge in [-0.1, -0.05) is 69.9 Å². The van der Waals surface area contributed by atoms with E-state index in [1.807, 2.05) is 4.67 Å². The number of hydrogen-bond donors (Lipinski definition) is 1. The molecule has 1 N–H and O–H groups in total. The maximum Gasteiger partial charge on any atom is 0.343 e. The van der Waals surface area contributed by atoms with E-state index in [4.69, 9.17) is 27.7 Å². The standard InChI is InChI=1S/C37H63Cl2N2O2P/c1-31(2)14-10-17-34(5)20-11-18-32(3)15-8-9-16-33(4)19-12-21-35(6)22-13-23-36(7)30-37-24-29-43-44(42,40-27-25-38)41(37)28-26-39/h14-16,20-21,23,37H,8-13,17-19,22,24-30H2,1-7H3,(H,40,42)/b32-15+,33-16+,34-20+,35-21+,36-23?. The minimum absolute atomic E-state index is 0.159. The lowest BCUT2D eigenvalue weighted by atomic mass is 10.0.